The number of carboxylic acid groups (broad SMARTS) is 1. The molecule has 0 unspecified atom stereocenters. The fourth-order valence-corrected chi connectivity index (χ4v) is 13.3. The van der Waals surface area contributed by atoms with E-state index in [1.165, 1.54) is 57.8 Å². The largest absolute Gasteiger partial charge is 0.481 e. The molecule has 0 aromatic carbocycles. The highest BCUT2D eigenvalue weighted by Crippen LogP contribution is 2.78. The third-order valence-corrected chi connectivity index (χ3v) is 15.9. The number of hydrogen-bond acceptors (Lipinski definition) is 5. The Labute approximate surface area is 274 Å². The van der Waals surface area contributed by atoms with Gasteiger partial charge in [0.1, 0.15) is 6.10 Å². The first kappa shape index (κ1) is 35.2. The van der Waals surface area contributed by atoms with Crippen LogP contribution in [0.3, 0.4) is 0 Å². The topological polar surface area (TPSA) is 84.9 Å². The number of carbonyl (C=O) groups is 2. The number of carboxylic acids is 1. The Kier molecular flexibility index (Phi) is 9.44. The van der Waals surface area contributed by atoms with Gasteiger partial charge in [-0.1, -0.05) is 48.5 Å². The van der Waals surface area contributed by atoms with Gasteiger partial charge < -0.3 is 14.6 Å². The standard InChI is InChI=1S/C39H67NO5/c1-25(2)26-13-18-39(21-22-40-24-44-10)20-19-37(8)27(32(26)39)11-12-29-36(7)16-15-30(45-31(41)23-34(3,4)33(42)43)35(5,6)28(36)14-17-38(29,37)9/h25-30,32,40H,11-24H2,1-10H3,(H,42,43)/t26-,27+,28-,29+,30-,32+,36-,37+,38+,39+/m0/s1. The summed E-state index contributed by atoms with van der Waals surface area (Å²) in [7, 11) is 1.78. The molecule has 0 aromatic rings. The Morgan fingerprint density at radius 1 is 0.889 bits per heavy atom. The molecule has 2 N–H and O–H groups in total. The van der Waals surface area contributed by atoms with E-state index in [-0.39, 0.29) is 29.3 Å². The molecule has 5 aliphatic rings. The SMILES string of the molecule is COCNCC[C@]12CC[C@@H](C(C)C)[C@@H]1[C@H]1CC[C@@H]3[C@@]4(C)CC[C@H](OC(=O)CC(C)(C)C(=O)O)C(C)(C)[C@@H]4CC[C@@]3(C)[C@]1(C)CC2. The first-order valence-electron chi connectivity index (χ1n) is 18.5. The van der Waals surface area contributed by atoms with E-state index in [0.29, 0.717) is 34.8 Å². The third kappa shape index (κ3) is 5.52. The van der Waals surface area contributed by atoms with Crippen LogP contribution in [0.1, 0.15) is 139 Å². The van der Waals surface area contributed by atoms with E-state index in [1.54, 1.807) is 21.0 Å². The van der Waals surface area contributed by atoms with Crippen molar-refractivity contribution in [2.75, 3.05) is 20.4 Å². The summed E-state index contributed by atoms with van der Waals surface area (Å²) >= 11 is 0. The maximum absolute atomic E-state index is 13.0. The zero-order valence-corrected chi connectivity index (χ0v) is 30.5. The molecule has 0 amide bonds. The summed E-state index contributed by atoms with van der Waals surface area (Å²) in [5, 5.41) is 13.1. The fourth-order valence-electron chi connectivity index (χ4n) is 13.3. The van der Waals surface area contributed by atoms with Gasteiger partial charge in [-0.25, -0.2) is 0 Å². The van der Waals surface area contributed by atoms with E-state index in [9.17, 15) is 14.7 Å². The Morgan fingerprint density at radius 2 is 1.60 bits per heavy atom. The molecule has 0 saturated heterocycles. The van der Waals surface area contributed by atoms with Crippen molar-refractivity contribution in [2.24, 2.45) is 68.0 Å². The van der Waals surface area contributed by atoms with Gasteiger partial charge in [-0.05, 0) is 148 Å². The second kappa shape index (κ2) is 12.1. The minimum absolute atomic E-state index is 0.0836. The van der Waals surface area contributed by atoms with Crippen LogP contribution >= 0.6 is 0 Å². The number of ether oxygens (including phenoxy) is 2. The van der Waals surface area contributed by atoms with Crippen LogP contribution in [0.4, 0.5) is 0 Å². The normalized spacial score (nSPS) is 44.0. The van der Waals surface area contributed by atoms with Crippen molar-refractivity contribution in [1.29, 1.82) is 0 Å². The fraction of sp³-hybridized carbons (Fsp3) is 0.949. The second-order valence-electron chi connectivity index (χ2n) is 18.9. The lowest BCUT2D eigenvalue weighted by atomic mass is 9.32. The van der Waals surface area contributed by atoms with Crippen molar-refractivity contribution in [3.8, 4) is 0 Å². The molecule has 0 heterocycles. The summed E-state index contributed by atoms with van der Waals surface area (Å²) in [6.45, 7) is 22.6. The van der Waals surface area contributed by atoms with Gasteiger partial charge in [0.2, 0.25) is 0 Å². The lowest BCUT2D eigenvalue weighted by Gasteiger charge is -2.73. The number of nitrogens with one attached hydrogen (secondary N) is 1. The molecule has 10 atom stereocenters. The van der Waals surface area contributed by atoms with Gasteiger partial charge in [0, 0.05) is 12.5 Å². The summed E-state index contributed by atoms with van der Waals surface area (Å²) in [5.74, 6) is 3.05. The van der Waals surface area contributed by atoms with Gasteiger partial charge in [-0.2, -0.15) is 0 Å². The first-order chi connectivity index (χ1) is 20.9. The molecule has 258 valence electrons. The number of hydrogen-bond donors (Lipinski definition) is 2. The van der Waals surface area contributed by atoms with Crippen LogP contribution in [0.15, 0.2) is 0 Å². The van der Waals surface area contributed by atoms with Crippen LogP contribution in [-0.4, -0.2) is 43.5 Å². The highest BCUT2D eigenvalue weighted by Gasteiger charge is 2.71. The van der Waals surface area contributed by atoms with Crippen LogP contribution in [0.25, 0.3) is 0 Å². The molecule has 5 rings (SSSR count). The van der Waals surface area contributed by atoms with E-state index in [1.807, 2.05) is 0 Å². The highest BCUT2D eigenvalue weighted by atomic mass is 16.5. The second-order valence-corrected chi connectivity index (χ2v) is 18.9. The zero-order chi connectivity index (χ0) is 33.2. The third-order valence-electron chi connectivity index (χ3n) is 15.9. The van der Waals surface area contributed by atoms with E-state index in [0.717, 1.165) is 43.1 Å². The Hall–Kier alpha value is -1.14. The number of carbonyl (C=O) groups excluding carboxylic acids is 1. The quantitative estimate of drug-likeness (QED) is 0.143. The lowest BCUT2D eigenvalue weighted by Crippen LogP contribution is -2.67. The molecule has 5 saturated carbocycles. The summed E-state index contributed by atoms with van der Waals surface area (Å²) in [4.78, 5) is 24.7. The zero-order valence-electron chi connectivity index (χ0n) is 30.5. The average molecular weight is 630 g/mol. The number of rotatable bonds is 10. The predicted molar refractivity (Wildman–Crippen MR) is 179 cm³/mol. The summed E-state index contributed by atoms with van der Waals surface area (Å²) in [6.07, 6.45) is 13.7. The molecule has 0 bridgehead atoms. The maximum Gasteiger partial charge on any atom is 0.309 e. The molecule has 45 heavy (non-hydrogen) atoms. The Balaban J connectivity index is 1.39. The minimum atomic E-state index is -1.11. The Bertz CT molecular complexity index is 1120. The van der Waals surface area contributed by atoms with Crippen LogP contribution < -0.4 is 5.32 Å². The number of esters is 1. The van der Waals surface area contributed by atoms with Crippen LogP contribution in [-0.2, 0) is 19.1 Å². The maximum atomic E-state index is 13.0. The monoisotopic (exact) mass is 630 g/mol. The van der Waals surface area contributed by atoms with Gasteiger partial charge in [-0.15, -0.1) is 0 Å². The van der Waals surface area contributed by atoms with Crippen molar-refractivity contribution >= 4 is 11.9 Å². The highest BCUT2D eigenvalue weighted by molar-refractivity contribution is 5.81. The number of aliphatic carboxylic acids is 1. The Morgan fingerprint density at radius 3 is 2.24 bits per heavy atom. The molecule has 6 heteroatoms. The molecule has 6 nitrogen and oxygen atoms in total. The summed E-state index contributed by atoms with van der Waals surface area (Å²) < 4.78 is 11.5. The summed E-state index contributed by atoms with van der Waals surface area (Å²) in [6, 6.07) is 0. The number of methoxy groups -OCH3 is 1. The molecule has 5 aliphatic carbocycles. The van der Waals surface area contributed by atoms with Crippen molar-refractivity contribution in [2.45, 2.75) is 145 Å². The van der Waals surface area contributed by atoms with Crippen molar-refractivity contribution in [3.63, 3.8) is 0 Å². The van der Waals surface area contributed by atoms with Crippen molar-refractivity contribution in [1.82, 2.24) is 5.32 Å². The minimum Gasteiger partial charge on any atom is -0.481 e. The van der Waals surface area contributed by atoms with E-state index < -0.39 is 11.4 Å². The first-order valence-corrected chi connectivity index (χ1v) is 18.5. The van der Waals surface area contributed by atoms with Crippen LogP contribution in [0.2, 0.25) is 0 Å². The van der Waals surface area contributed by atoms with Gasteiger partial charge >= 0.3 is 11.9 Å². The number of fused-ring (bicyclic) bond motifs is 7. The lowest BCUT2D eigenvalue weighted by molar-refractivity contribution is -0.252. The van der Waals surface area contributed by atoms with Crippen molar-refractivity contribution in [3.05, 3.63) is 0 Å². The van der Waals surface area contributed by atoms with E-state index in [2.05, 4.69) is 53.8 Å². The van der Waals surface area contributed by atoms with Crippen molar-refractivity contribution < 1.29 is 24.2 Å². The van der Waals surface area contributed by atoms with Gasteiger partial charge in [0.15, 0.2) is 0 Å². The molecule has 0 radical (unpaired) electrons. The molecule has 0 aromatic heterocycles. The van der Waals surface area contributed by atoms with Crippen LogP contribution in [0.5, 0.6) is 0 Å². The average Bonchev–Trinajstić information content (AvgIpc) is 3.33. The summed E-state index contributed by atoms with van der Waals surface area (Å²) in [5.41, 5.74) is 0.113. The van der Waals surface area contributed by atoms with Gasteiger partial charge in [0.05, 0.1) is 18.6 Å². The van der Waals surface area contributed by atoms with Gasteiger partial charge in [-0.3, -0.25) is 14.9 Å². The molecule has 0 spiro atoms. The molecular formula is C39H67NO5. The molecule has 0 aliphatic heterocycles. The van der Waals surface area contributed by atoms with E-state index in [4.69, 9.17) is 9.47 Å². The van der Waals surface area contributed by atoms with Crippen LogP contribution in [0, 0.1) is 68.0 Å². The van der Waals surface area contributed by atoms with Gasteiger partial charge in [0.25, 0.3) is 0 Å². The molecule has 5 fully saturated rings. The smallest absolute Gasteiger partial charge is 0.309 e. The molecular weight excluding hydrogens is 562 g/mol. The van der Waals surface area contributed by atoms with E-state index >= 15 is 0 Å². The predicted octanol–water partition coefficient (Wildman–Crippen LogP) is 8.72.